The number of ether oxygens (including phenoxy) is 2. The van der Waals surface area contributed by atoms with Crippen molar-refractivity contribution in [2.45, 2.75) is 52.3 Å². The average molecular weight is 408 g/mol. The molecule has 0 bridgehead atoms. The smallest absolute Gasteiger partial charge is 0.249 e. The number of para-hydroxylation sites is 2. The fraction of sp³-hybridized carbons (Fsp3) is 0.417. The third-order valence-electron chi connectivity index (χ3n) is 5.56. The Labute approximate surface area is 177 Å². The minimum atomic E-state index is -0.349. The van der Waals surface area contributed by atoms with Gasteiger partial charge in [0.2, 0.25) is 5.91 Å². The van der Waals surface area contributed by atoms with E-state index >= 15 is 0 Å². The van der Waals surface area contributed by atoms with Crippen molar-refractivity contribution >= 4 is 16.9 Å². The fourth-order valence-corrected chi connectivity index (χ4v) is 4.02. The molecular weight excluding hydrogens is 378 g/mol. The van der Waals surface area contributed by atoms with Crippen molar-refractivity contribution in [2.75, 3.05) is 13.2 Å². The molecule has 0 saturated carbocycles. The normalized spacial score (nSPS) is 17.2. The van der Waals surface area contributed by atoms with Gasteiger partial charge in [-0.25, -0.2) is 4.98 Å². The molecule has 30 heavy (non-hydrogen) atoms. The van der Waals surface area contributed by atoms with Gasteiger partial charge in [-0.2, -0.15) is 0 Å². The van der Waals surface area contributed by atoms with E-state index in [1.54, 1.807) is 0 Å². The van der Waals surface area contributed by atoms with E-state index in [1.165, 1.54) is 5.56 Å². The van der Waals surface area contributed by atoms with Crippen LogP contribution in [0, 0.1) is 13.8 Å². The predicted molar refractivity (Wildman–Crippen MR) is 117 cm³/mol. The number of fused-ring (bicyclic) bond motifs is 1. The van der Waals surface area contributed by atoms with Crippen LogP contribution in [0.2, 0.25) is 0 Å². The molecule has 6 heteroatoms. The van der Waals surface area contributed by atoms with Gasteiger partial charge in [-0.1, -0.05) is 29.8 Å². The zero-order chi connectivity index (χ0) is 21.1. The summed E-state index contributed by atoms with van der Waals surface area (Å²) in [6, 6.07) is 14.0. The summed E-state index contributed by atoms with van der Waals surface area (Å²) < 4.78 is 13.7. The maximum Gasteiger partial charge on any atom is 0.249 e. The van der Waals surface area contributed by atoms with Gasteiger partial charge in [0.15, 0.2) is 0 Å². The van der Waals surface area contributed by atoms with Gasteiger partial charge >= 0.3 is 0 Å². The molecule has 1 saturated heterocycles. The van der Waals surface area contributed by atoms with Crippen LogP contribution >= 0.6 is 0 Å². The second kappa shape index (κ2) is 8.88. The lowest BCUT2D eigenvalue weighted by molar-refractivity contribution is -0.130. The van der Waals surface area contributed by atoms with Gasteiger partial charge in [0.25, 0.3) is 0 Å². The van der Waals surface area contributed by atoms with Crippen LogP contribution in [-0.4, -0.2) is 34.8 Å². The first-order chi connectivity index (χ1) is 14.5. The highest BCUT2D eigenvalue weighted by Gasteiger charge is 2.26. The van der Waals surface area contributed by atoms with Crippen LogP contribution in [0.1, 0.15) is 42.8 Å². The van der Waals surface area contributed by atoms with Gasteiger partial charge in [0.1, 0.15) is 24.3 Å². The summed E-state index contributed by atoms with van der Waals surface area (Å²) in [7, 11) is 0. The molecule has 2 aromatic carbocycles. The van der Waals surface area contributed by atoms with E-state index in [-0.39, 0.29) is 18.1 Å². The lowest BCUT2D eigenvalue weighted by Crippen LogP contribution is -2.36. The number of aromatic nitrogens is 2. The minimum Gasteiger partial charge on any atom is -0.491 e. The number of rotatable bonds is 7. The molecule has 1 N–H and O–H groups in total. The van der Waals surface area contributed by atoms with Crippen LogP contribution in [0.25, 0.3) is 11.0 Å². The van der Waals surface area contributed by atoms with Crippen LogP contribution in [0.4, 0.5) is 0 Å². The van der Waals surface area contributed by atoms with Gasteiger partial charge in [-0.15, -0.1) is 0 Å². The van der Waals surface area contributed by atoms with Crippen LogP contribution in [0.3, 0.4) is 0 Å². The van der Waals surface area contributed by atoms with Crippen molar-refractivity contribution < 1.29 is 14.3 Å². The van der Waals surface area contributed by atoms with Crippen molar-refractivity contribution in [2.24, 2.45) is 0 Å². The third-order valence-corrected chi connectivity index (χ3v) is 5.56. The SMILES string of the molecule is Cc1ccc(OCCn2c(C(C)NC(=O)C3CCCO3)nc3ccccc32)c(C)c1. The third kappa shape index (κ3) is 4.33. The van der Waals surface area contributed by atoms with Gasteiger partial charge in [0, 0.05) is 6.61 Å². The Morgan fingerprint density at radius 2 is 2.13 bits per heavy atom. The van der Waals surface area contributed by atoms with Gasteiger partial charge in [0.05, 0.1) is 23.6 Å². The molecule has 1 fully saturated rings. The van der Waals surface area contributed by atoms with E-state index in [1.807, 2.05) is 31.2 Å². The largest absolute Gasteiger partial charge is 0.491 e. The van der Waals surface area contributed by atoms with Crippen LogP contribution in [0.15, 0.2) is 42.5 Å². The molecule has 2 atom stereocenters. The number of nitrogens with one attached hydrogen (secondary N) is 1. The Hall–Kier alpha value is -2.86. The highest BCUT2D eigenvalue weighted by Crippen LogP contribution is 2.23. The lowest BCUT2D eigenvalue weighted by atomic mass is 10.1. The van der Waals surface area contributed by atoms with Crippen molar-refractivity contribution in [3.8, 4) is 5.75 Å². The molecule has 0 spiro atoms. The summed E-state index contributed by atoms with van der Waals surface area (Å²) in [5.41, 5.74) is 4.30. The van der Waals surface area contributed by atoms with Crippen molar-refractivity contribution in [1.29, 1.82) is 0 Å². The van der Waals surface area contributed by atoms with E-state index in [0.29, 0.717) is 19.8 Å². The maximum atomic E-state index is 12.5. The first kappa shape index (κ1) is 20.4. The zero-order valence-corrected chi connectivity index (χ0v) is 17.9. The molecule has 158 valence electrons. The Kier molecular flexibility index (Phi) is 6.04. The summed E-state index contributed by atoms with van der Waals surface area (Å²) in [5.74, 6) is 1.66. The molecule has 1 aliphatic heterocycles. The van der Waals surface area contributed by atoms with E-state index in [0.717, 1.165) is 41.0 Å². The van der Waals surface area contributed by atoms with E-state index in [9.17, 15) is 4.79 Å². The van der Waals surface area contributed by atoms with Crippen LogP contribution < -0.4 is 10.1 Å². The molecule has 1 amide bonds. The summed E-state index contributed by atoms with van der Waals surface area (Å²) in [5, 5.41) is 3.07. The van der Waals surface area contributed by atoms with Gasteiger partial charge < -0.3 is 19.4 Å². The number of carbonyl (C=O) groups excluding carboxylic acids is 1. The molecule has 4 rings (SSSR count). The number of benzene rings is 2. The average Bonchev–Trinajstić information content (AvgIpc) is 3.38. The molecule has 0 radical (unpaired) electrons. The maximum absolute atomic E-state index is 12.5. The van der Waals surface area contributed by atoms with Gasteiger partial charge in [-0.3, -0.25) is 4.79 Å². The second-order valence-electron chi connectivity index (χ2n) is 7.96. The predicted octanol–water partition coefficient (Wildman–Crippen LogP) is 4.09. The molecule has 0 aliphatic carbocycles. The van der Waals surface area contributed by atoms with E-state index < -0.39 is 0 Å². The number of hydrogen-bond acceptors (Lipinski definition) is 4. The molecule has 3 aromatic rings. The van der Waals surface area contributed by atoms with Crippen molar-refractivity contribution in [3.63, 3.8) is 0 Å². The number of imidazole rings is 1. The first-order valence-electron chi connectivity index (χ1n) is 10.6. The van der Waals surface area contributed by atoms with Crippen LogP contribution in [0.5, 0.6) is 5.75 Å². The molecule has 2 heterocycles. The Morgan fingerprint density at radius 3 is 2.90 bits per heavy atom. The van der Waals surface area contributed by atoms with E-state index in [2.05, 4.69) is 41.9 Å². The highest BCUT2D eigenvalue weighted by molar-refractivity contribution is 5.81. The lowest BCUT2D eigenvalue weighted by Gasteiger charge is -2.19. The number of amides is 1. The van der Waals surface area contributed by atoms with E-state index in [4.69, 9.17) is 14.5 Å². The standard InChI is InChI=1S/C24H29N3O3/c1-16-10-11-21(17(2)15-16)30-14-12-27-20-8-5-4-7-19(20)26-23(27)18(3)25-24(28)22-9-6-13-29-22/h4-5,7-8,10-11,15,18,22H,6,9,12-14H2,1-3H3,(H,25,28). The summed E-state index contributed by atoms with van der Waals surface area (Å²) in [6.07, 6.45) is 1.36. The summed E-state index contributed by atoms with van der Waals surface area (Å²) in [6.45, 7) is 7.92. The molecular formula is C24H29N3O3. The van der Waals surface area contributed by atoms with Crippen molar-refractivity contribution in [1.82, 2.24) is 14.9 Å². The Morgan fingerprint density at radius 1 is 1.30 bits per heavy atom. The summed E-state index contributed by atoms with van der Waals surface area (Å²) in [4.78, 5) is 17.3. The van der Waals surface area contributed by atoms with Gasteiger partial charge in [-0.05, 0) is 57.4 Å². The second-order valence-corrected chi connectivity index (χ2v) is 7.96. The number of carbonyl (C=O) groups is 1. The molecule has 6 nitrogen and oxygen atoms in total. The van der Waals surface area contributed by atoms with Crippen molar-refractivity contribution in [3.05, 3.63) is 59.4 Å². The zero-order valence-electron chi connectivity index (χ0n) is 17.9. The number of hydrogen-bond donors (Lipinski definition) is 1. The fourth-order valence-electron chi connectivity index (χ4n) is 4.02. The Balaban J connectivity index is 1.51. The van der Waals surface area contributed by atoms with Crippen LogP contribution in [-0.2, 0) is 16.1 Å². The monoisotopic (exact) mass is 407 g/mol. The highest BCUT2D eigenvalue weighted by atomic mass is 16.5. The number of nitrogens with zero attached hydrogens (tertiary/aromatic N) is 2. The molecule has 2 unspecified atom stereocenters. The molecule has 1 aromatic heterocycles. The summed E-state index contributed by atoms with van der Waals surface area (Å²) >= 11 is 0. The molecule has 1 aliphatic rings. The quantitative estimate of drug-likeness (QED) is 0.641. The Bertz CT molecular complexity index is 1040. The number of aryl methyl sites for hydroxylation is 2. The first-order valence-corrected chi connectivity index (χ1v) is 10.6. The topological polar surface area (TPSA) is 65.4 Å². The minimum absolute atomic E-state index is 0.0647.